The smallest absolute Gasteiger partial charge is 0.220 e. The zero-order chi connectivity index (χ0) is 13.8. The van der Waals surface area contributed by atoms with Gasteiger partial charge in [0.1, 0.15) is 18.6 Å². The number of hydrogen-bond acceptors (Lipinski definition) is 4. The Hall–Kier alpha value is -1.23. The molecule has 1 saturated carbocycles. The van der Waals surface area contributed by atoms with Gasteiger partial charge < -0.3 is 10.5 Å². The van der Waals surface area contributed by atoms with E-state index in [0.29, 0.717) is 24.8 Å². The van der Waals surface area contributed by atoms with Gasteiger partial charge in [-0.2, -0.15) is 4.98 Å². The van der Waals surface area contributed by atoms with Gasteiger partial charge in [-0.15, -0.1) is 0 Å². The number of aryl methyl sites for hydroxylation is 1. The van der Waals surface area contributed by atoms with E-state index >= 15 is 0 Å². The lowest BCUT2D eigenvalue weighted by Gasteiger charge is -2.17. The highest BCUT2D eigenvalue weighted by atomic mass is 19.1. The number of hydrogen-bond donors (Lipinski definition) is 1. The first-order valence-electron chi connectivity index (χ1n) is 7.01. The molecule has 1 atom stereocenters. The van der Waals surface area contributed by atoms with E-state index in [0.717, 1.165) is 36.3 Å². The number of ether oxygens (including phenoxy) is 1. The fourth-order valence-corrected chi connectivity index (χ4v) is 2.06. The molecular weight excluding hydrogens is 245 g/mol. The first kappa shape index (κ1) is 14.2. The van der Waals surface area contributed by atoms with Crippen molar-refractivity contribution in [1.82, 2.24) is 9.97 Å². The summed E-state index contributed by atoms with van der Waals surface area (Å²) >= 11 is 0. The Morgan fingerprint density at radius 3 is 2.68 bits per heavy atom. The molecule has 1 fully saturated rings. The maximum absolute atomic E-state index is 12.7. The quantitative estimate of drug-likeness (QED) is 0.822. The van der Waals surface area contributed by atoms with Gasteiger partial charge in [-0.05, 0) is 39.2 Å². The van der Waals surface area contributed by atoms with Gasteiger partial charge in [0.05, 0.1) is 5.69 Å². The fourth-order valence-electron chi connectivity index (χ4n) is 2.06. The van der Waals surface area contributed by atoms with Crippen molar-refractivity contribution in [1.29, 1.82) is 0 Å². The highest BCUT2D eigenvalue weighted by Crippen LogP contribution is 2.39. The van der Waals surface area contributed by atoms with E-state index in [1.54, 1.807) is 6.92 Å². The van der Waals surface area contributed by atoms with Gasteiger partial charge in [-0.1, -0.05) is 6.92 Å². The zero-order valence-electron chi connectivity index (χ0n) is 11.7. The van der Waals surface area contributed by atoms with Crippen molar-refractivity contribution in [3.8, 4) is 5.88 Å². The van der Waals surface area contributed by atoms with Gasteiger partial charge in [-0.25, -0.2) is 9.37 Å². The van der Waals surface area contributed by atoms with Gasteiger partial charge in [0.2, 0.25) is 5.88 Å². The van der Waals surface area contributed by atoms with Crippen molar-refractivity contribution in [2.24, 2.45) is 5.73 Å². The Kier molecular flexibility index (Phi) is 4.69. The predicted molar refractivity (Wildman–Crippen MR) is 72.2 cm³/mol. The second-order valence-electron chi connectivity index (χ2n) is 5.06. The summed E-state index contributed by atoms with van der Waals surface area (Å²) in [5.41, 5.74) is 7.57. The monoisotopic (exact) mass is 267 g/mol. The molecule has 1 aromatic heterocycles. The molecule has 4 nitrogen and oxygen atoms in total. The maximum Gasteiger partial charge on any atom is 0.220 e. The molecule has 0 spiro atoms. The second kappa shape index (κ2) is 6.28. The summed E-state index contributed by atoms with van der Waals surface area (Å²) in [7, 11) is 0. The molecule has 2 N–H and O–H groups in total. The summed E-state index contributed by atoms with van der Waals surface area (Å²) in [6, 6.07) is 0. The Labute approximate surface area is 113 Å². The molecule has 1 unspecified atom stereocenters. The normalized spacial score (nSPS) is 16.4. The van der Waals surface area contributed by atoms with E-state index in [1.807, 2.05) is 0 Å². The van der Waals surface area contributed by atoms with Crippen LogP contribution in [0.5, 0.6) is 5.88 Å². The number of nitrogens with two attached hydrogens (primary N) is 1. The van der Waals surface area contributed by atoms with Crippen molar-refractivity contribution in [2.45, 2.75) is 51.6 Å². The third kappa shape index (κ3) is 3.41. The van der Waals surface area contributed by atoms with Crippen LogP contribution >= 0.6 is 0 Å². The summed E-state index contributed by atoms with van der Waals surface area (Å²) in [6.07, 6.45) is 3.28. The van der Waals surface area contributed by atoms with Crippen LogP contribution in [0.2, 0.25) is 0 Å². The molecule has 0 radical (unpaired) electrons. The van der Waals surface area contributed by atoms with Gasteiger partial charge in [0, 0.05) is 11.5 Å². The van der Waals surface area contributed by atoms with E-state index in [9.17, 15) is 4.39 Å². The van der Waals surface area contributed by atoms with Crippen molar-refractivity contribution in [2.75, 3.05) is 13.2 Å². The Balaban J connectivity index is 2.36. The number of halogens is 1. The Bertz CT molecular complexity index is 435. The minimum Gasteiger partial charge on any atom is -0.472 e. The molecule has 1 aliphatic carbocycles. The number of rotatable bonds is 7. The third-order valence-electron chi connectivity index (χ3n) is 3.27. The first-order chi connectivity index (χ1) is 9.19. The molecule has 106 valence electrons. The number of alkyl halides is 1. The molecular formula is C14H22FN3O. The fraction of sp³-hybridized carbons (Fsp3) is 0.714. The number of nitrogens with zero attached hydrogens (tertiary/aromatic N) is 2. The summed E-state index contributed by atoms with van der Waals surface area (Å²) in [6.45, 7) is 3.75. The topological polar surface area (TPSA) is 61.0 Å². The molecule has 0 aliphatic heterocycles. The molecule has 5 heteroatoms. The maximum atomic E-state index is 12.7. The largest absolute Gasteiger partial charge is 0.472 e. The Morgan fingerprint density at radius 2 is 2.16 bits per heavy atom. The van der Waals surface area contributed by atoms with Crippen LogP contribution in [-0.2, 0) is 12.8 Å². The van der Waals surface area contributed by atoms with Crippen LogP contribution in [0.1, 0.15) is 49.7 Å². The van der Waals surface area contributed by atoms with E-state index in [4.69, 9.17) is 10.5 Å². The molecule has 0 saturated heterocycles. The summed E-state index contributed by atoms with van der Waals surface area (Å²) < 4.78 is 18.3. The van der Waals surface area contributed by atoms with E-state index < -0.39 is 12.8 Å². The molecule has 19 heavy (non-hydrogen) atoms. The van der Waals surface area contributed by atoms with Crippen molar-refractivity contribution < 1.29 is 9.13 Å². The van der Waals surface area contributed by atoms with Crippen LogP contribution in [-0.4, -0.2) is 29.3 Å². The van der Waals surface area contributed by atoms with Crippen LogP contribution in [0.25, 0.3) is 0 Å². The molecule has 2 rings (SSSR count). The Morgan fingerprint density at radius 1 is 1.42 bits per heavy atom. The molecule has 0 aromatic carbocycles. The summed E-state index contributed by atoms with van der Waals surface area (Å²) in [4.78, 5) is 9.12. The average molecular weight is 267 g/mol. The van der Waals surface area contributed by atoms with Crippen LogP contribution in [0.15, 0.2) is 0 Å². The van der Waals surface area contributed by atoms with E-state index in [2.05, 4.69) is 16.9 Å². The predicted octanol–water partition coefficient (Wildman–Crippen LogP) is 2.15. The summed E-state index contributed by atoms with van der Waals surface area (Å²) in [5.74, 6) is 1.84. The van der Waals surface area contributed by atoms with Crippen molar-refractivity contribution >= 4 is 0 Å². The molecule has 1 heterocycles. The van der Waals surface area contributed by atoms with Gasteiger partial charge in [0.15, 0.2) is 0 Å². The van der Waals surface area contributed by atoms with Gasteiger partial charge in [-0.3, -0.25) is 0 Å². The van der Waals surface area contributed by atoms with E-state index in [1.165, 1.54) is 0 Å². The van der Waals surface area contributed by atoms with E-state index in [-0.39, 0.29) is 0 Å². The van der Waals surface area contributed by atoms with Crippen LogP contribution in [0.4, 0.5) is 4.39 Å². The lowest BCUT2D eigenvalue weighted by atomic mass is 10.1. The lowest BCUT2D eigenvalue weighted by Crippen LogP contribution is -2.19. The minimum atomic E-state index is -0.522. The SMILES string of the molecule is CCc1nc(C2CC2)nc(OC(C)CF)c1CCN. The van der Waals surface area contributed by atoms with Gasteiger partial charge in [0.25, 0.3) is 0 Å². The highest BCUT2D eigenvalue weighted by Gasteiger charge is 2.29. The van der Waals surface area contributed by atoms with Crippen LogP contribution in [0.3, 0.4) is 0 Å². The van der Waals surface area contributed by atoms with Crippen LogP contribution < -0.4 is 10.5 Å². The molecule has 0 bridgehead atoms. The molecule has 0 amide bonds. The summed E-state index contributed by atoms with van der Waals surface area (Å²) in [5, 5.41) is 0. The number of aromatic nitrogens is 2. The zero-order valence-corrected chi connectivity index (χ0v) is 11.7. The first-order valence-corrected chi connectivity index (χ1v) is 7.01. The molecule has 1 aromatic rings. The standard InChI is InChI=1S/C14H22FN3O/c1-3-12-11(6-7-16)14(19-9(2)8-15)18-13(17-12)10-4-5-10/h9-10H,3-8,16H2,1-2H3. The van der Waals surface area contributed by atoms with Crippen LogP contribution in [0, 0.1) is 0 Å². The van der Waals surface area contributed by atoms with Crippen molar-refractivity contribution in [3.63, 3.8) is 0 Å². The van der Waals surface area contributed by atoms with Gasteiger partial charge >= 0.3 is 0 Å². The van der Waals surface area contributed by atoms with Crippen molar-refractivity contribution in [3.05, 3.63) is 17.1 Å². The minimum absolute atomic E-state index is 0.459. The average Bonchev–Trinajstić information content (AvgIpc) is 3.24. The lowest BCUT2D eigenvalue weighted by molar-refractivity contribution is 0.172. The third-order valence-corrected chi connectivity index (χ3v) is 3.27. The second-order valence-corrected chi connectivity index (χ2v) is 5.06. The molecule has 1 aliphatic rings. The highest BCUT2D eigenvalue weighted by molar-refractivity contribution is 5.33.